The van der Waals surface area contributed by atoms with Gasteiger partial charge >= 0.3 is 75.6 Å². The van der Waals surface area contributed by atoms with Crippen LogP contribution in [0.3, 0.4) is 0 Å². The average Bonchev–Trinajstić information content (AvgIpc) is 1.97. The maximum absolute atomic E-state index is 5.27. The van der Waals surface area contributed by atoms with Gasteiger partial charge in [0, 0.05) is 0 Å². The van der Waals surface area contributed by atoms with Crippen LogP contribution >= 0.6 is 0 Å². The van der Waals surface area contributed by atoms with E-state index in [2.05, 4.69) is 13.5 Å². The molecule has 0 aliphatic carbocycles. The van der Waals surface area contributed by atoms with Crippen LogP contribution in [0.15, 0.2) is 12.7 Å². The van der Waals surface area contributed by atoms with Gasteiger partial charge in [0.15, 0.2) is 0 Å². The summed E-state index contributed by atoms with van der Waals surface area (Å²) >= 11 is -0.908. The fraction of sp³-hybridized carbons (Fsp3) is 0.714. The van der Waals surface area contributed by atoms with Gasteiger partial charge in [-0.3, -0.25) is 0 Å². The van der Waals surface area contributed by atoms with Crippen LogP contribution in [0.1, 0.15) is 19.8 Å². The fourth-order valence-corrected chi connectivity index (χ4v) is 1.92. The van der Waals surface area contributed by atoms with Crippen molar-refractivity contribution < 1.29 is 5.54 Å². The molecule has 3 heteroatoms. The summed E-state index contributed by atoms with van der Waals surface area (Å²) in [4.78, 5) is 0. The molecule has 0 heterocycles. The first-order valence-corrected chi connectivity index (χ1v) is 6.03. The molecular weight excluding hydrogens is 325 g/mol. The van der Waals surface area contributed by atoms with E-state index in [9.17, 15) is 0 Å². The summed E-state index contributed by atoms with van der Waals surface area (Å²) in [5, 5.41) is 0. The maximum atomic E-state index is 5.27. The van der Waals surface area contributed by atoms with Crippen molar-refractivity contribution in [3.05, 3.63) is 12.7 Å². The molecule has 10 heavy (non-hydrogen) atoms. The molecule has 0 N–H and O–H groups in total. The Kier molecular flexibility index (Phi) is 10.1. The first-order valence-electron chi connectivity index (χ1n) is 3.43. The van der Waals surface area contributed by atoms with E-state index >= 15 is 0 Å². The standard InChI is InChI=1S/C4H9O.C3H5O.Po/c1-2-3-4-5;1-2-3-4;/h2-4H2,1H3;2H,1,3H2;/q2*-1;+2. The average molecular weight is 339 g/mol. The molecule has 0 aliphatic rings. The summed E-state index contributed by atoms with van der Waals surface area (Å²) in [5.41, 5.74) is 0. The first-order chi connectivity index (χ1) is 4.91. The summed E-state index contributed by atoms with van der Waals surface area (Å²) in [6.45, 7) is 7.22. The van der Waals surface area contributed by atoms with Gasteiger partial charge in [-0.2, -0.15) is 0 Å². The summed E-state index contributed by atoms with van der Waals surface area (Å²) in [6.07, 6.45) is 4.10. The van der Waals surface area contributed by atoms with Gasteiger partial charge in [0.05, 0.1) is 0 Å². The summed E-state index contributed by atoms with van der Waals surface area (Å²) in [5.74, 6) is 0. The Balaban J connectivity index is 2.70. The van der Waals surface area contributed by atoms with E-state index < -0.39 is 24.5 Å². The van der Waals surface area contributed by atoms with Gasteiger partial charge in [0.1, 0.15) is 0 Å². The number of hydrogen-bond acceptors (Lipinski definition) is 2. The number of unbranched alkanes of at least 4 members (excludes halogenated alkanes) is 1. The molecule has 0 atom stereocenters. The number of rotatable bonds is 7. The van der Waals surface area contributed by atoms with Gasteiger partial charge in [-0.15, -0.1) is 0 Å². The molecule has 0 aromatic carbocycles. The summed E-state index contributed by atoms with van der Waals surface area (Å²) in [6, 6.07) is 0. The molecule has 0 spiro atoms. The van der Waals surface area contributed by atoms with E-state index in [4.69, 9.17) is 5.54 Å². The Morgan fingerprint density at radius 1 is 1.50 bits per heavy atom. The SMILES string of the molecule is C=CC[O][Po][O]CCCC. The predicted octanol–water partition coefficient (Wildman–Crippen LogP) is 1.54. The van der Waals surface area contributed by atoms with E-state index in [-0.39, 0.29) is 0 Å². The van der Waals surface area contributed by atoms with Crippen LogP contribution in [0.4, 0.5) is 0 Å². The Morgan fingerprint density at radius 2 is 2.30 bits per heavy atom. The van der Waals surface area contributed by atoms with Gasteiger partial charge < -0.3 is 0 Å². The monoisotopic (exact) mass is 339 g/mol. The minimum absolute atomic E-state index is 0.650. The van der Waals surface area contributed by atoms with E-state index in [0.29, 0.717) is 6.61 Å². The van der Waals surface area contributed by atoms with E-state index in [1.165, 1.54) is 6.42 Å². The van der Waals surface area contributed by atoms with Crippen LogP contribution in [-0.4, -0.2) is 37.7 Å². The van der Waals surface area contributed by atoms with Crippen molar-refractivity contribution in [2.75, 3.05) is 13.2 Å². The molecule has 0 radical (unpaired) electrons. The molecule has 0 aliphatic heterocycles. The zero-order valence-electron chi connectivity index (χ0n) is 6.34. The van der Waals surface area contributed by atoms with Crippen LogP contribution < -0.4 is 0 Å². The molecule has 0 rings (SSSR count). The summed E-state index contributed by atoms with van der Waals surface area (Å²) < 4.78 is 10.4. The van der Waals surface area contributed by atoms with Crippen molar-refractivity contribution in [1.82, 2.24) is 0 Å². The van der Waals surface area contributed by atoms with Crippen molar-refractivity contribution in [1.29, 1.82) is 0 Å². The minimum atomic E-state index is -0.908. The Bertz CT molecular complexity index is 76.0. The van der Waals surface area contributed by atoms with E-state index in [1.54, 1.807) is 6.08 Å². The van der Waals surface area contributed by atoms with Gasteiger partial charge in [-0.25, -0.2) is 0 Å². The normalized spacial score (nSPS) is 9.70. The predicted molar refractivity (Wildman–Crippen MR) is 42.8 cm³/mol. The second kappa shape index (κ2) is 9.56. The molecule has 0 unspecified atom stereocenters. The third-order valence-corrected chi connectivity index (χ3v) is 2.79. The van der Waals surface area contributed by atoms with Crippen molar-refractivity contribution in [2.24, 2.45) is 0 Å². The molecule has 2 nitrogen and oxygen atoms in total. The van der Waals surface area contributed by atoms with Crippen LogP contribution in [0, 0.1) is 0 Å². The zero-order valence-corrected chi connectivity index (χ0v) is 9.51. The third-order valence-electron chi connectivity index (χ3n) is 0.863. The second-order valence-electron chi connectivity index (χ2n) is 1.82. The van der Waals surface area contributed by atoms with Crippen molar-refractivity contribution in [3.63, 3.8) is 0 Å². The molecule has 0 aromatic heterocycles. The van der Waals surface area contributed by atoms with Crippen LogP contribution in [0.25, 0.3) is 0 Å². The molecule has 60 valence electrons. The van der Waals surface area contributed by atoms with Crippen LogP contribution in [0.5, 0.6) is 0 Å². The van der Waals surface area contributed by atoms with Gasteiger partial charge in [-0.1, -0.05) is 0 Å². The molecule has 0 aromatic rings. The molecule has 0 bridgehead atoms. The third kappa shape index (κ3) is 8.56. The molecule has 0 saturated heterocycles. The van der Waals surface area contributed by atoms with Gasteiger partial charge in [-0.05, 0) is 0 Å². The fourth-order valence-electron chi connectivity index (χ4n) is 0.347. The van der Waals surface area contributed by atoms with Crippen LogP contribution in [-0.2, 0) is 5.54 Å². The van der Waals surface area contributed by atoms with E-state index in [1.807, 2.05) is 0 Å². The summed E-state index contributed by atoms with van der Waals surface area (Å²) in [7, 11) is 0. The number of hydrogen-bond donors (Lipinski definition) is 0. The quantitative estimate of drug-likeness (QED) is 0.518. The Hall–Kier alpha value is 0.556. The molecule has 0 fully saturated rings. The zero-order chi connectivity index (χ0) is 7.66. The topological polar surface area (TPSA) is 18.5 Å². The van der Waals surface area contributed by atoms with Crippen molar-refractivity contribution in [2.45, 2.75) is 19.8 Å². The first kappa shape index (κ1) is 10.6. The van der Waals surface area contributed by atoms with Crippen molar-refractivity contribution in [3.8, 4) is 0 Å². The Labute approximate surface area is 75.6 Å². The van der Waals surface area contributed by atoms with Gasteiger partial charge in [0.2, 0.25) is 0 Å². The van der Waals surface area contributed by atoms with E-state index in [0.717, 1.165) is 13.0 Å². The molecule has 0 amide bonds. The Morgan fingerprint density at radius 3 is 2.90 bits per heavy atom. The second-order valence-corrected chi connectivity index (χ2v) is 4.18. The van der Waals surface area contributed by atoms with Crippen molar-refractivity contribution >= 4 is 24.5 Å². The molecule has 0 saturated carbocycles. The van der Waals surface area contributed by atoms with Gasteiger partial charge in [0.25, 0.3) is 0 Å². The van der Waals surface area contributed by atoms with Crippen LogP contribution in [0.2, 0.25) is 0 Å². The molecular formula is C7H14O2Po.